The minimum absolute atomic E-state index is 0.226. The fourth-order valence-corrected chi connectivity index (χ4v) is 5.43. The molecule has 1 amide bonds. The fourth-order valence-electron chi connectivity index (χ4n) is 5.18. The molecule has 3 aromatic heterocycles. The first-order valence-electron chi connectivity index (χ1n) is 11.1. The van der Waals surface area contributed by atoms with E-state index in [0.29, 0.717) is 51.7 Å². The number of fused-ring (bicyclic) bond motifs is 2. The molecular weight excluding hydrogens is 460 g/mol. The number of nitrogens with one attached hydrogen (secondary N) is 1. The lowest BCUT2D eigenvalue weighted by atomic mass is 10.1. The summed E-state index contributed by atoms with van der Waals surface area (Å²) in [6.45, 7) is 1.31. The summed E-state index contributed by atoms with van der Waals surface area (Å²) < 4.78 is 1.67. The van der Waals surface area contributed by atoms with Crippen molar-refractivity contribution in [1.82, 2.24) is 34.4 Å². The molecule has 0 aliphatic carbocycles. The van der Waals surface area contributed by atoms with Crippen molar-refractivity contribution in [1.29, 1.82) is 0 Å². The van der Waals surface area contributed by atoms with Crippen LogP contribution in [-0.4, -0.2) is 65.2 Å². The number of imidazole rings is 1. The zero-order valence-corrected chi connectivity index (χ0v) is 18.8. The Bertz CT molecular complexity index is 1480. The van der Waals surface area contributed by atoms with Crippen LogP contribution in [0, 0.1) is 0 Å². The van der Waals surface area contributed by atoms with Crippen LogP contribution < -0.4 is 10.5 Å². The van der Waals surface area contributed by atoms with E-state index in [2.05, 4.69) is 24.8 Å². The maximum Gasteiger partial charge on any atom is 0.407 e. The third-order valence-corrected chi connectivity index (χ3v) is 7.04. The van der Waals surface area contributed by atoms with E-state index in [0.717, 1.165) is 19.4 Å². The molecule has 174 valence electrons. The first-order valence-corrected chi connectivity index (χ1v) is 11.5. The zero-order chi connectivity index (χ0) is 23.4. The van der Waals surface area contributed by atoms with Crippen LogP contribution in [0.15, 0.2) is 35.6 Å². The molecule has 11 nitrogen and oxygen atoms in total. The number of carboxylic acid groups (broad SMARTS) is 1. The van der Waals surface area contributed by atoms with Crippen LogP contribution in [0.1, 0.15) is 37.2 Å². The summed E-state index contributed by atoms with van der Waals surface area (Å²) in [4.78, 5) is 49.9. The molecule has 2 fully saturated rings. The van der Waals surface area contributed by atoms with Crippen LogP contribution in [0.5, 0.6) is 0 Å². The number of aromatic amines is 1. The second-order valence-electron chi connectivity index (χ2n) is 8.60. The molecular formula is C22H21ClN8O3. The van der Waals surface area contributed by atoms with Crippen molar-refractivity contribution in [3.8, 4) is 0 Å². The highest BCUT2D eigenvalue weighted by Gasteiger charge is 2.37. The number of halogens is 1. The van der Waals surface area contributed by atoms with Gasteiger partial charge in [-0.1, -0.05) is 17.7 Å². The van der Waals surface area contributed by atoms with Gasteiger partial charge in [-0.15, -0.1) is 0 Å². The van der Waals surface area contributed by atoms with Gasteiger partial charge in [0.15, 0.2) is 11.5 Å². The number of amides is 1. The van der Waals surface area contributed by atoms with E-state index in [1.165, 1.54) is 11.2 Å². The highest BCUT2D eigenvalue weighted by molar-refractivity contribution is 6.35. The van der Waals surface area contributed by atoms with Gasteiger partial charge in [-0.2, -0.15) is 0 Å². The molecule has 2 N–H and O–H groups in total. The molecule has 6 rings (SSSR count). The van der Waals surface area contributed by atoms with Gasteiger partial charge < -0.3 is 19.9 Å². The Morgan fingerprint density at radius 3 is 2.88 bits per heavy atom. The summed E-state index contributed by atoms with van der Waals surface area (Å²) in [6, 6.07) is 4.67. The number of carbonyl (C=O) groups is 1. The van der Waals surface area contributed by atoms with Crippen LogP contribution in [0.2, 0.25) is 5.02 Å². The van der Waals surface area contributed by atoms with E-state index in [-0.39, 0.29) is 24.2 Å². The molecule has 34 heavy (non-hydrogen) atoms. The highest BCUT2D eigenvalue weighted by Crippen LogP contribution is 2.38. The number of benzene rings is 1. The zero-order valence-electron chi connectivity index (χ0n) is 18.1. The first kappa shape index (κ1) is 20.8. The molecule has 0 bridgehead atoms. The van der Waals surface area contributed by atoms with E-state index in [4.69, 9.17) is 16.6 Å². The van der Waals surface area contributed by atoms with Gasteiger partial charge in [0.1, 0.15) is 17.7 Å². The number of anilines is 1. The lowest BCUT2D eigenvalue weighted by molar-refractivity contribution is 0.154. The van der Waals surface area contributed by atoms with Gasteiger partial charge in [-0.05, 0) is 31.4 Å². The van der Waals surface area contributed by atoms with Crippen molar-refractivity contribution in [3.63, 3.8) is 0 Å². The summed E-state index contributed by atoms with van der Waals surface area (Å²) >= 11 is 6.41. The summed E-state index contributed by atoms with van der Waals surface area (Å²) in [6.07, 6.45) is 4.26. The van der Waals surface area contributed by atoms with Gasteiger partial charge in [0.2, 0.25) is 0 Å². The molecule has 0 radical (unpaired) electrons. The molecule has 1 aromatic carbocycles. The number of aromatic nitrogens is 6. The van der Waals surface area contributed by atoms with Gasteiger partial charge in [0.25, 0.3) is 5.56 Å². The minimum Gasteiger partial charge on any atom is -0.465 e. The second kappa shape index (κ2) is 7.94. The van der Waals surface area contributed by atoms with Gasteiger partial charge in [-0.25, -0.2) is 24.7 Å². The van der Waals surface area contributed by atoms with E-state index >= 15 is 0 Å². The van der Waals surface area contributed by atoms with Gasteiger partial charge >= 0.3 is 6.09 Å². The third kappa shape index (κ3) is 3.18. The molecule has 2 aliphatic rings. The Balaban J connectivity index is 1.54. The molecule has 12 heteroatoms. The van der Waals surface area contributed by atoms with Gasteiger partial charge in [-0.3, -0.25) is 9.36 Å². The van der Waals surface area contributed by atoms with Gasteiger partial charge in [0, 0.05) is 19.6 Å². The van der Waals surface area contributed by atoms with E-state index < -0.39 is 6.09 Å². The van der Waals surface area contributed by atoms with Crippen LogP contribution in [0.4, 0.5) is 10.6 Å². The lowest BCUT2D eigenvalue weighted by Gasteiger charge is -2.29. The third-order valence-electron chi connectivity index (χ3n) is 6.73. The molecule has 5 heterocycles. The average molecular weight is 481 g/mol. The molecule has 2 atom stereocenters. The topological polar surface area (TPSA) is 133 Å². The predicted octanol–water partition coefficient (Wildman–Crippen LogP) is 2.98. The Labute approximate surface area is 198 Å². The number of likely N-dealkylation sites (tertiary alicyclic amines) is 1. The maximum absolute atomic E-state index is 13.8. The molecule has 4 aromatic rings. The highest BCUT2D eigenvalue weighted by atomic mass is 35.5. The summed E-state index contributed by atoms with van der Waals surface area (Å²) in [7, 11) is 0. The summed E-state index contributed by atoms with van der Waals surface area (Å²) in [5.41, 5.74) is 1.57. The molecule has 2 saturated heterocycles. The molecule has 0 spiro atoms. The normalized spacial score (nSPS) is 20.6. The lowest BCUT2D eigenvalue weighted by Crippen LogP contribution is -2.36. The number of hydrogen-bond donors (Lipinski definition) is 2. The number of hydrogen-bond acceptors (Lipinski definition) is 7. The Morgan fingerprint density at radius 2 is 2.06 bits per heavy atom. The Morgan fingerprint density at radius 1 is 1.18 bits per heavy atom. The van der Waals surface area contributed by atoms with Crippen molar-refractivity contribution >= 4 is 45.6 Å². The van der Waals surface area contributed by atoms with Crippen LogP contribution in [0.3, 0.4) is 0 Å². The molecule has 2 unspecified atom stereocenters. The Hall–Kier alpha value is -3.73. The minimum atomic E-state index is -0.992. The van der Waals surface area contributed by atoms with Gasteiger partial charge in [0.05, 0.1) is 34.3 Å². The number of nitrogens with zero attached hydrogens (tertiary/aromatic N) is 7. The van der Waals surface area contributed by atoms with Crippen LogP contribution in [0.25, 0.3) is 22.1 Å². The van der Waals surface area contributed by atoms with Crippen LogP contribution >= 0.6 is 11.6 Å². The van der Waals surface area contributed by atoms with E-state index in [9.17, 15) is 14.7 Å². The standard InChI is InChI=1S/C22H21ClN8O3/c23-13-3-1-4-14-16(13)21(32)31(12-6-8-29(9-12)22(33)34)19(28-14)15-5-2-7-30(15)20-17-18(25-10-24-17)26-11-27-20/h1,3-4,10-12,15H,2,5-9H2,(H,33,34)(H,24,25,26,27). The van der Waals surface area contributed by atoms with E-state index in [1.807, 2.05) is 0 Å². The number of H-pyrrole nitrogens is 1. The van der Waals surface area contributed by atoms with Crippen molar-refractivity contribution in [2.24, 2.45) is 0 Å². The molecule has 2 aliphatic heterocycles. The average Bonchev–Trinajstić information content (AvgIpc) is 3.58. The van der Waals surface area contributed by atoms with E-state index in [1.54, 1.807) is 29.1 Å². The van der Waals surface area contributed by atoms with Crippen molar-refractivity contribution in [2.75, 3.05) is 24.5 Å². The fraction of sp³-hybridized carbons (Fsp3) is 0.364. The van der Waals surface area contributed by atoms with Crippen LogP contribution in [-0.2, 0) is 0 Å². The second-order valence-corrected chi connectivity index (χ2v) is 9.01. The summed E-state index contributed by atoms with van der Waals surface area (Å²) in [5.74, 6) is 1.27. The Kier molecular flexibility index (Phi) is 4.87. The first-order chi connectivity index (χ1) is 16.5. The quantitative estimate of drug-likeness (QED) is 0.457. The predicted molar refractivity (Wildman–Crippen MR) is 125 cm³/mol. The molecule has 0 saturated carbocycles. The summed E-state index contributed by atoms with van der Waals surface area (Å²) in [5, 5.41) is 10.2. The number of rotatable bonds is 3. The monoisotopic (exact) mass is 480 g/mol. The maximum atomic E-state index is 13.8. The smallest absolute Gasteiger partial charge is 0.407 e. The van der Waals surface area contributed by atoms with Crippen molar-refractivity contribution in [2.45, 2.75) is 31.3 Å². The van der Waals surface area contributed by atoms with Crippen molar-refractivity contribution < 1.29 is 9.90 Å². The largest absolute Gasteiger partial charge is 0.465 e. The SMILES string of the molecule is O=C(O)N1CCC(n2c(C3CCCN3c3ncnc4[nH]cnc34)nc3cccc(Cl)c3c2=O)C1. The van der Waals surface area contributed by atoms with Crippen molar-refractivity contribution in [3.05, 3.63) is 52.1 Å².